The summed E-state index contributed by atoms with van der Waals surface area (Å²) < 4.78 is 31.0. The maximum atomic E-state index is 14.4. The third kappa shape index (κ3) is 9.06. The molecule has 2 aromatic rings. The summed E-state index contributed by atoms with van der Waals surface area (Å²) in [6.07, 6.45) is -0.205. The van der Waals surface area contributed by atoms with Crippen LogP contribution in [0.3, 0.4) is 0 Å². The lowest BCUT2D eigenvalue weighted by Gasteiger charge is -2.47. The Morgan fingerprint density at radius 3 is 2.40 bits per heavy atom. The molecule has 1 aromatic carbocycles. The molecule has 3 aliphatic rings. The van der Waals surface area contributed by atoms with E-state index in [9.17, 15) is 24.3 Å². The zero-order valence-corrected chi connectivity index (χ0v) is 34.1. The van der Waals surface area contributed by atoms with Crippen LogP contribution in [0.2, 0.25) is 0 Å². The van der Waals surface area contributed by atoms with Crippen LogP contribution in [0.1, 0.15) is 86.1 Å². The molecule has 13 heteroatoms. The van der Waals surface area contributed by atoms with Gasteiger partial charge in [-0.15, -0.1) is 0 Å². The topological polar surface area (TPSA) is 163 Å². The number of nitrogens with zero attached hydrogens (tertiary/aromatic N) is 2. The van der Waals surface area contributed by atoms with Crippen LogP contribution in [0.25, 0.3) is 10.9 Å². The standard InChI is InChI=1S/C42H61N3O10/c1-23-21-41(6,51-10)37(54-39-35(48)31(45(8)9)19-24(2)52-39)26(4)34(47)27(5)38(49)53-32(42(7)36(25(3)33(23)46)44-40(50)55-42)18-14-11-15-28-20-29-16-12-13-17-30(29)43-22-28/h12-13,16-17,20,22-27,31-32,35-37,39,48H,11,14-15,18-19,21H2,1-10H3,(H,44,50)/t23-,24?,25+,26+,27-,31?,32-,35?,36+,37-,39?,41-,42-/m1/s1. The highest BCUT2D eigenvalue weighted by Crippen LogP contribution is 2.40. The Hall–Kier alpha value is -3.49. The van der Waals surface area contributed by atoms with Crippen molar-refractivity contribution in [1.82, 2.24) is 15.2 Å². The van der Waals surface area contributed by atoms with Crippen LogP contribution < -0.4 is 5.32 Å². The molecule has 3 saturated heterocycles. The van der Waals surface area contributed by atoms with Gasteiger partial charge in [-0.1, -0.05) is 39.0 Å². The van der Waals surface area contributed by atoms with Gasteiger partial charge in [0.25, 0.3) is 0 Å². The van der Waals surface area contributed by atoms with E-state index in [1.165, 1.54) is 14.0 Å². The summed E-state index contributed by atoms with van der Waals surface area (Å²) in [5.74, 6) is -4.97. The predicted molar refractivity (Wildman–Crippen MR) is 205 cm³/mol. The Kier molecular flexibility index (Phi) is 13.4. The van der Waals surface area contributed by atoms with Gasteiger partial charge in [0.15, 0.2) is 17.7 Å². The van der Waals surface area contributed by atoms with Gasteiger partial charge in [-0.3, -0.25) is 19.4 Å². The Labute approximate surface area is 325 Å². The number of para-hydroxylation sites is 1. The van der Waals surface area contributed by atoms with Gasteiger partial charge in [0, 0.05) is 42.5 Å². The number of aromatic nitrogens is 1. The second kappa shape index (κ2) is 17.3. The fourth-order valence-electron chi connectivity index (χ4n) is 8.95. The number of hydrogen-bond donors (Lipinski definition) is 2. The molecular formula is C42H61N3O10. The molecule has 0 spiro atoms. The summed E-state index contributed by atoms with van der Waals surface area (Å²) in [5.41, 5.74) is -0.675. The van der Waals surface area contributed by atoms with Crippen molar-refractivity contribution in [3.05, 3.63) is 42.1 Å². The number of carbonyl (C=O) groups is 4. The minimum absolute atomic E-state index is 0.133. The number of esters is 1. The zero-order chi connectivity index (χ0) is 40.4. The second-order valence-corrected chi connectivity index (χ2v) is 16.8. The maximum Gasteiger partial charge on any atom is 0.408 e. The number of pyridine rings is 1. The number of hydrogen-bond acceptors (Lipinski definition) is 12. The van der Waals surface area contributed by atoms with E-state index >= 15 is 0 Å². The van der Waals surface area contributed by atoms with Crippen LogP contribution in [0, 0.1) is 23.7 Å². The van der Waals surface area contributed by atoms with Crippen molar-refractivity contribution in [3.8, 4) is 0 Å². The van der Waals surface area contributed by atoms with Gasteiger partial charge < -0.3 is 39.0 Å². The molecular weight excluding hydrogens is 706 g/mol. The van der Waals surface area contributed by atoms with Gasteiger partial charge in [-0.25, -0.2) is 4.79 Å². The average Bonchev–Trinajstić information content (AvgIpc) is 3.47. The highest BCUT2D eigenvalue weighted by molar-refractivity contribution is 6.00. The van der Waals surface area contributed by atoms with E-state index in [-0.39, 0.29) is 24.3 Å². The number of ketones is 2. The lowest BCUT2D eigenvalue weighted by atomic mass is 9.73. The van der Waals surface area contributed by atoms with E-state index in [2.05, 4.69) is 16.4 Å². The quantitative estimate of drug-likeness (QED) is 0.199. The number of amides is 1. The Morgan fingerprint density at radius 1 is 1.00 bits per heavy atom. The van der Waals surface area contributed by atoms with Crippen LogP contribution in [-0.2, 0) is 44.5 Å². The first kappa shape index (κ1) is 42.6. The van der Waals surface area contributed by atoms with E-state index in [0.717, 1.165) is 29.3 Å². The molecule has 4 heterocycles. The summed E-state index contributed by atoms with van der Waals surface area (Å²) in [6.45, 7) is 12.1. The van der Waals surface area contributed by atoms with Gasteiger partial charge in [-0.2, -0.15) is 0 Å². The molecule has 3 aliphatic heterocycles. The summed E-state index contributed by atoms with van der Waals surface area (Å²) in [7, 11) is 5.23. The zero-order valence-electron chi connectivity index (χ0n) is 34.1. The molecule has 13 atom stereocenters. The number of benzene rings is 1. The first-order valence-corrected chi connectivity index (χ1v) is 19.7. The van der Waals surface area contributed by atoms with Crippen LogP contribution in [0.5, 0.6) is 0 Å². The van der Waals surface area contributed by atoms with Crippen LogP contribution in [0.4, 0.5) is 4.79 Å². The molecule has 0 aliphatic carbocycles. The minimum atomic E-state index is -1.41. The highest BCUT2D eigenvalue weighted by Gasteiger charge is 2.57. The molecule has 0 radical (unpaired) electrons. The molecule has 4 unspecified atom stereocenters. The van der Waals surface area contributed by atoms with Crippen molar-refractivity contribution in [2.45, 2.75) is 141 Å². The predicted octanol–water partition coefficient (Wildman–Crippen LogP) is 5.03. The molecule has 3 fully saturated rings. The average molecular weight is 768 g/mol. The molecule has 5 rings (SSSR count). The Morgan fingerprint density at radius 2 is 1.71 bits per heavy atom. The Balaban J connectivity index is 1.45. The van der Waals surface area contributed by atoms with Crippen molar-refractivity contribution >= 4 is 34.5 Å². The largest absolute Gasteiger partial charge is 0.457 e. The smallest absolute Gasteiger partial charge is 0.408 e. The molecule has 0 saturated carbocycles. The lowest BCUT2D eigenvalue weighted by Crippen LogP contribution is -2.60. The molecule has 1 aromatic heterocycles. The molecule has 1 amide bonds. The number of unbranched alkanes of at least 4 members (excludes halogenated alkanes) is 1. The van der Waals surface area contributed by atoms with Crippen molar-refractivity contribution < 1.29 is 48.0 Å². The fourth-order valence-corrected chi connectivity index (χ4v) is 8.95. The number of Topliss-reactive ketones (excluding diaryl/α,β-unsaturated/α-hetero) is 2. The number of ether oxygens (including phenoxy) is 5. The summed E-state index contributed by atoms with van der Waals surface area (Å²) in [6, 6.07) is 8.92. The number of likely N-dealkylation sites (N-methyl/N-ethyl adjacent to an activating group) is 1. The number of carbonyl (C=O) groups excluding carboxylic acids is 4. The third-order valence-electron chi connectivity index (χ3n) is 12.4. The minimum Gasteiger partial charge on any atom is -0.457 e. The van der Waals surface area contributed by atoms with Crippen LogP contribution in [0.15, 0.2) is 36.5 Å². The normalized spacial score (nSPS) is 37.9. The van der Waals surface area contributed by atoms with E-state index in [4.69, 9.17) is 23.7 Å². The van der Waals surface area contributed by atoms with Gasteiger partial charge in [0.1, 0.15) is 23.9 Å². The fraction of sp³-hybridized carbons (Fsp3) is 0.690. The number of methoxy groups -OCH3 is 1. The summed E-state index contributed by atoms with van der Waals surface area (Å²) in [4.78, 5) is 62.2. The van der Waals surface area contributed by atoms with E-state index in [1.807, 2.05) is 56.4 Å². The molecule has 55 heavy (non-hydrogen) atoms. The van der Waals surface area contributed by atoms with Crippen molar-refractivity contribution in [1.29, 1.82) is 0 Å². The number of aliphatic hydroxyl groups excluding tert-OH is 1. The lowest BCUT2D eigenvalue weighted by molar-refractivity contribution is -0.295. The molecule has 0 bridgehead atoms. The number of aryl methyl sites for hydroxylation is 1. The first-order valence-electron chi connectivity index (χ1n) is 19.7. The number of nitrogens with one attached hydrogen (secondary N) is 1. The van der Waals surface area contributed by atoms with Crippen molar-refractivity contribution in [3.63, 3.8) is 0 Å². The summed E-state index contributed by atoms with van der Waals surface area (Å²) >= 11 is 0. The van der Waals surface area contributed by atoms with Crippen LogP contribution >= 0.6 is 0 Å². The number of rotatable bonds is 9. The summed E-state index contributed by atoms with van der Waals surface area (Å²) in [5, 5.41) is 15.3. The van der Waals surface area contributed by atoms with Gasteiger partial charge >= 0.3 is 12.1 Å². The van der Waals surface area contributed by atoms with Gasteiger partial charge in [0.2, 0.25) is 0 Å². The van der Waals surface area contributed by atoms with Crippen molar-refractivity contribution in [2.24, 2.45) is 23.7 Å². The number of fused-ring (bicyclic) bond motifs is 2. The van der Waals surface area contributed by atoms with Gasteiger partial charge in [0.05, 0.1) is 29.4 Å². The second-order valence-electron chi connectivity index (χ2n) is 16.8. The number of cyclic esters (lactones) is 1. The molecule has 13 nitrogen and oxygen atoms in total. The highest BCUT2D eigenvalue weighted by atomic mass is 16.7. The van der Waals surface area contributed by atoms with E-state index in [0.29, 0.717) is 19.3 Å². The SMILES string of the molecule is CO[C@]1(C)C[C@@H](C)C(=O)[C@H](C)[C@@H]2NC(=O)O[C@]2(C)[C@@H](CCCCc2cnc3ccccc3c2)OC(=O)[C@H](C)C(=O)[C@H](C)[C@H]1OC1OC(C)CC(N(C)C)C1O. The third-order valence-corrected chi connectivity index (χ3v) is 12.4. The van der Waals surface area contributed by atoms with Crippen molar-refractivity contribution in [2.75, 3.05) is 21.2 Å². The Bertz CT molecular complexity index is 1700. The number of alkyl carbamates (subject to hydrolysis) is 1. The monoisotopic (exact) mass is 767 g/mol. The van der Waals surface area contributed by atoms with E-state index in [1.54, 1.807) is 34.6 Å². The maximum absolute atomic E-state index is 14.4. The number of aliphatic hydroxyl groups is 1. The van der Waals surface area contributed by atoms with E-state index < -0.39 is 83.4 Å². The molecule has 304 valence electrons. The first-order chi connectivity index (χ1) is 25.9. The van der Waals surface area contributed by atoms with Crippen LogP contribution in [-0.4, -0.2) is 114 Å². The van der Waals surface area contributed by atoms with Gasteiger partial charge in [-0.05, 0) is 98.0 Å². The molecule has 2 N–H and O–H groups in total.